The number of nitrogens with one attached hydrogen (secondary N) is 1. The molecule has 1 N–H and O–H groups in total. The number of rotatable bonds is 4. The molecular formula is C13H17NO4. The topological polar surface area (TPSA) is 56.8 Å². The molecule has 18 heavy (non-hydrogen) atoms. The first kappa shape index (κ1) is 12.7. The van der Waals surface area contributed by atoms with Gasteiger partial charge in [-0.2, -0.15) is 0 Å². The van der Waals surface area contributed by atoms with Crippen molar-refractivity contribution >= 4 is 5.91 Å². The van der Waals surface area contributed by atoms with Crippen molar-refractivity contribution in [2.24, 2.45) is 0 Å². The molecule has 1 aromatic carbocycles. The van der Waals surface area contributed by atoms with Crippen molar-refractivity contribution in [1.29, 1.82) is 0 Å². The van der Waals surface area contributed by atoms with Crippen LogP contribution in [0.15, 0.2) is 18.2 Å². The van der Waals surface area contributed by atoms with Gasteiger partial charge in [0.05, 0.1) is 26.9 Å². The van der Waals surface area contributed by atoms with Crippen LogP contribution in [0.3, 0.4) is 0 Å². The van der Waals surface area contributed by atoms with Gasteiger partial charge in [0, 0.05) is 12.2 Å². The molecule has 0 aromatic heterocycles. The summed E-state index contributed by atoms with van der Waals surface area (Å²) in [5, 5.41) is 2.92. The van der Waals surface area contributed by atoms with Gasteiger partial charge >= 0.3 is 0 Å². The summed E-state index contributed by atoms with van der Waals surface area (Å²) in [6.45, 7) is 1.29. The third-order valence-electron chi connectivity index (χ3n) is 2.91. The average Bonchev–Trinajstić information content (AvgIpc) is 2.90. The molecule has 1 fully saturated rings. The van der Waals surface area contributed by atoms with Crippen LogP contribution in [-0.2, 0) is 4.74 Å². The minimum Gasteiger partial charge on any atom is -0.493 e. The van der Waals surface area contributed by atoms with Crippen LogP contribution < -0.4 is 14.8 Å². The molecule has 1 heterocycles. The van der Waals surface area contributed by atoms with Crippen molar-refractivity contribution < 1.29 is 19.0 Å². The summed E-state index contributed by atoms with van der Waals surface area (Å²) >= 11 is 0. The van der Waals surface area contributed by atoms with Crippen molar-refractivity contribution in [2.75, 3.05) is 27.4 Å². The molecule has 1 aliphatic rings. The fourth-order valence-electron chi connectivity index (χ4n) is 1.89. The fourth-order valence-corrected chi connectivity index (χ4v) is 1.89. The van der Waals surface area contributed by atoms with Crippen LogP contribution in [0.25, 0.3) is 0 Å². The molecule has 5 heteroatoms. The van der Waals surface area contributed by atoms with E-state index in [9.17, 15) is 4.79 Å². The third-order valence-corrected chi connectivity index (χ3v) is 2.91. The molecule has 98 valence electrons. The van der Waals surface area contributed by atoms with Gasteiger partial charge in [-0.05, 0) is 24.6 Å². The molecule has 0 radical (unpaired) electrons. The average molecular weight is 251 g/mol. The molecular weight excluding hydrogens is 234 g/mol. The first-order chi connectivity index (χ1) is 8.74. The van der Waals surface area contributed by atoms with Crippen molar-refractivity contribution in [1.82, 2.24) is 5.32 Å². The number of hydrogen-bond donors (Lipinski definition) is 1. The predicted molar refractivity (Wildman–Crippen MR) is 66.2 cm³/mol. The van der Waals surface area contributed by atoms with Crippen LogP contribution in [0.4, 0.5) is 0 Å². The highest BCUT2D eigenvalue weighted by Gasteiger charge is 2.19. The van der Waals surface area contributed by atoms with Gasteiger partial charge in [0.25, 0.3) is 5.91 Å². The van der Waals surface area contributed by atoms with E-state index >= 15 is 0 Å². The van der Waals surface area contributed by atoms with Crippen molar-refractivity contribution in [3.05, 3.63) is 23.8 Å². The zero-order valence-electron chi connectivity index (χ0n) is 10.6. The molecule has 1 aromatic rings. The monoisotopic (exact) mass is 251 g/mol. The van der Waals surface area contributed by atoms with Crippen LogP contribution in [0, 0.1) is 0 Å². The Bertz CT molecular complexity index is 427. The van der Waals surface area contributed by atoms with E-state index in [0.717, 1.165) is 6.42 Å². The smallest absolute Gasteiger partial charge is 0.251 e. The molecule has 1 aliphatic heterocycles. The summed E-state index contributed by atoms with van der Waals surface area (Å²) < 4.78 is 15.5. The summed E-state index contributed by atoms with van der Waals surface area (Å²) in [5.74, 6) is 1.04. The van der Waals surface area contributed by atoms with E-state index in [1.54, 1.807) is 32.4 Å². The molecule has 0 bridgehead atoms. The van der Waals surface area contributed by atoms with Gasteiger partial charge in [0.15, 0.2) is 11.5 Å². The van der Waals surface area contributed by atoms with Gasteiger partial charge in [0.1, 0.15) is 0 Å². The highest BCUT2D eigenvalue weighted by atomic mass is 16.5. The molecule has 1 unspecified atom stereocenters. The molecule has 1 saturated heterocycles. The minimum atomic E-state index is -0.119. The molecule has 0 aliphatic carbocycles. The Labute approximate surface area is 106 Å². The molecule has 2 rings (SSSR count). The third kappa shape index (κ3) is 2.73. The Morgan fingerprint density at radius 2 is 2.11 bits per heavy atom. The number of benzene rings is 1. The zero-order valence-corrected chi connectivity index (χ0v) is 10.6. The second kappa shape index (κ2) is 5.73. The van der Waals surface area contributed by atoms with Crippen LogP contribution in [0.5, 0.6) is 11.5 Å². The van der Waals surface area contributed by atoms with Crippen molar-refractivity contribution in [3.8, 4) is 11.5 Å². The Hall–Kier alpha value is -1.75. The van der Waals surface area contributed by atoms with Gasteiger partial charge in [-0.3, -0.25) is 4.79 Å². The number of carbonyl (C=O) groups excluding carboxylic acids is 1. The van der Waals surface area contributed by atoms with E-state index in [1.807, 2.05) is 0 Å². The lowest BCUT2D eigenvalue weighted by atomic mass is 10.1. The molecule has 0 saturated carbocycles. The van der Waals surface area contributed by atoms with Gasteiger partial charge in [-0.1, -0.05) is 0 Å². The van der Waals surface area contributed by atoms with Gasteiger partial charge in [-0.25, -0.2) is 0 Å². The van der Waals surface area contributed by atoms with Crippen LogP contribution in [-0.4, -0.2) is 39.4 Å². The first-order valence-corrected chi connectivity index (χ1v) is 5.85. The molecule has 1 amide bonds. The van der Waals surface area contributed by atoms with Crippen molar-refractivity contribution in [2.45, 2.75) is 12.5 Å². The normalized spacial score (nSPS) is 18.4. The second-order valence-corrected chi connectivity index (χ2v) is 4.10. The van der Waals surface area contributed by atoms with Crippen LogP contribution >= 0.6 is 0 Å². The summed E-state index contributed by atoms with van der Waals surface area (Å²) in [5.41, 5.74) is 0.555. The lowest BCUT2D eigenvalue weighted by Gasteiger charge is -2.12. The number of hydrogen-bond acceptors (Lipinski definition) is 4. The zero-order chi connectivity index (χ0) is 13.0. The SMILES string of the molecule is COc1ccc(C(=O)NC2CCOC2)cc1OC. The Morgan fingerprint density at radius 3 is 2.72 bits per heavy atom. The highest BCUT2D eigenvalue weighted by Crippen LogP contribution is 2.27. The fraction of sp³-hybridized carbons (Fsp3) is 0.462. The van der Waals surface area contributed by atoms with E-state index in [4.69, 9.17) is 14.2 Å². The van der Waals surface area contributed by atoms with Crippen molar-refractivity contribution in [3.63, 3.8) is 0 Å². The largest absolute Gasteiger partial charge is 0.493 e. The van der Waals surface area contributed by atoms with E-state index in [-0.39, 0.29) is 11.9 Å². The minimum absolute atomic E-state index is 0.102. The quantitative estimate of drug-likeness (QED) is 0.874. The predicted octanol–water partition coefficient (Wildman–Crippen LogP) is 1.22. The van der Waals surface area contributed by atoms with E-state index < -0.39 is 0 Å². The first-order valence-electron chi connectivity index (χ1n) is 5.85. The lowest BCUT2D eigenvalue weighted by Crippen LogP contribution is -2.34. The van der Waals surface area contributed by atoms with E-state index in [0.29, 0.717) is 30.3 Å². The summed E-state index contributed by atoms with van der Waals surface area (Å²) in [6.07, 6.45) is 0.860. The molecule has 5 nitrogen and oxygen atoms in total. The maximum absolute atomic E-state index is 12.0. The lowest BCUT2D eigenvalue weighted by molar-refractivity contribution is 0.0929. The van der Waals surface area contributed by atoms with Gasteiger partial charge < -0.3 is 19.5 Å². The standard InChI is InChI=1S/C13H17NO4/c1-16-11-4-3-9(7-12(11)17-2)13(15)14-10-5-6-18-8-10/h3-4,7,10H,5-6,8H2,1-2H3,(H,14,15). The summed E-state index contributed by atoms with van der Waals surface area (Å²) in [7, 11) is 3.11. The maximum atomic E-state index is 12.0. The number of amides is 1. The molecule has 1 atom stereocenters. The highest BCUT2D eigenvalue weighted by molar-refractivity contribution is 5.95. The summed E-state index contributed by atoms with van der Waals surface area (Å²) in [4.78, 5) is 12.0. The Kier molecular flexibility index (Phi) is 4.04. The number of carbonyl (C=O) groups is 1. The van der Waals surface area contributed by atoms with E-state index in [1.165, 1.54) is 0 Å². The van der Waals surface area contributed by atoms with Gasteiger partial charge in [-0.15, -0.1) is 0 Å². The van der Waals surface area contributed by atoms with E-state index in [2.05, 4.69) is 5.32 Å². The number of ether oxygens (including phenoxy) is 3. The Morgan fingerprint density at radius 1 is 1.33 bits per heavy atom. The van der Waals surface area contributed by atoms with Crippen LogP contribution in [0.1, 0.15) is 16.8 Å². The summed E-state index contributed by atoms with van der Waals surface area (Å²) in [6, 6.07) is 5.21. The maximum Gasteiger partial charge on any atom is 0.251 e. The second-order valence-electron chi connectivity index (χ2n) is 4.10. The number of methoxy groups -OCH3 is 2. The Balaban J connectivity index is 2.09. The van der Waals surface area contributed by atoms with Gasteiger partial charge in [0.2, 0.25) is 0 Å². The van der Waals surface area contributed by atoms with Crippen LogP contribution in [0.2, 0.25) is 0 Å². The molecule has 0 spiro atoms.